The summed E-state index contributed by atoms with van der Waals surface area (Å²) in [5.74, 6) is -0.0799. The molecule has 3 aromatic carbocycles. The van der Waals surface area contributed by atoms with Crippen LogP contribution in [-0.4, -0.2) is 44.2 Å². The topological polar surface area (TPSA) is 156 Å². The van der Waals surface area contributed by atoms with Gasteiger partial charge in [-0.2, -0.15) is 10.1 Å². The zero-order chi connectivity index (χ0) is 30.7. The van der Waals surface area contributed by atoms with Crippen molar-refractivity contribution >= 4 is 53.8 Å². The summed E-state index contributed by atoms with van der Waals surface area (Å²) in [6.07, 6.45) is 1.99. The highest BCUT2D eigenvalue weighted by atomic mass is 32.1. The molecule has 1 aliphatic heterocycles. The monoisotopic (exact) mass is 634 g/mol. The van der Waals surface area contributed by atoms with E-state index in [0.29, 0.717) is 34.4 Å². The number of imidazole rings is 1. The van der Waals surface area contributed by atoms with Gasteiger partial charge in [-0.1, -0.05) is 78.9 Å². The summed E-state index contributed by atoms with van der Waals surface area (Å²) < 4.78 is 40.1. The number of hydrogen-bond acceptors (Lipinski definition) is 10. The summed E-state index contributed by atoms with van der Waals surface area (Å²) in [4.78, 5) is 24.3. The Balaban J connectivity index is 1.17. The van der Waals surface area contributed by atoms with Crippen LogP contribution in [0.5, 0.6) is 5.75 Å². The van der Waals surface area contributed by atoms with E-state index >= 15 is 0 Å². The molecule has 0 bridgehead atoms. The Labute approximate surface area is 258 Å². The summed E-state index contributed by atoms with van der Waals surface area (Å²) in [6, 6.07) is 21.3. The smallest absolute Gasteiger partial charge is 0.459 e. The Morgan fingerprint density at radius 3 is 2.77 bits per heavy atom. The Bertz CT molecular complexity index is 1890. The standard InChI is InChI=1S/C30H31N6O6PS/c1-19(29(37)39-16-20-8-3-2-4-9-20)35-43(38,42-24-13-7-11-21-10-5-6-12-23(21)24)40-17-22-14-15-25(41-22)36-18-32-26-27(36)33-30(31)34-28(26)44/h2-13,18-19,22,25H,14-17H2,1H3,(H,35,38)(H3,31,33,34,44)/t19-,22-,25+,43?/m0/s1. The van der Waals surface area contributed by atoms with E-state index in [1.807, 2.05) is 60.7 Å². The number of nitrogen functional groups attached to an aromatic ring is 1. The minimum atomic E-state index is -4.13. The number of nitrogens with zero attached hydrogens (tertiary/aromatic N) is 3. The number of aromatic amines is 1. The number of ether oxygens (including phenoxy) is 2. The van der Waals surface area contributed by atoms with Gasteiger partial charge in [0.25, 0.3) is 0 Å². The molecule has 0 aliphatic carbocycles. The van der Waals surface area contributed by atoms with Crippen molar-refractivity contribution in [3.63, 3.8) is 0 Å². The van der Waals surface area contributed by atoms with E-state index < -0.39 is 32.1 Å². The van der Waals surface area contributed by atoms with Gasteiger partial charge in [0, 0.05) is 5.39 Å². The second-order valence-electron chi connectivity index (χ2n) is 10.4. The number of hydrogen-bond donors (Lipinski definition) is 3. The largest absolute Gasteiger partial charge is 0.460 e. The first-order valence-corrected chi connectivity index (χ1v) is 16.0. The van der Waals surface area contributed by atoms with Gasteiger partial charge in [0.05, 0.1) is 19.0 Å². The van der Waals surface area contributed by atoms with E-state index in [9.17, 15) is 9.36 Å². The lowest BCUT2D eigenvalue weighted by Gasteiger charge is -2.24. The lowest BCUT2D eigenvalue weighted by Crippen LogP contribution is -2.35. The quantitative estimate of drug-likeness (QED) is 0.0913. The van der Waals surface area contributed by atoms with Gasteiger partial charge in [0.2, 0.25) is 5.95 Å². The number of anilines is 1. The van der Waals surface area contributed by atoms with Gasteiger partial charge in [-0.3, -0.25) is 13.9 Å². The molecule has 1 saturated heterocycles. The maximum absolute atomic E-state index is 14.3. The number of benzene rings is 3. The second kappa shape index (κ2) is 12.8. The maximum atomic E-state index is 14.3. The Kier molecular flexibility index (Phi) is 8.74. The fraction of sp³-hybridized carbons (Fsp3) is 0.267. The molecular weight excluding hydrogens is 603 g/mol. The van der Waals surface area contributed by atoms with Crippen LogP contribution in [0.1, 0.15) is 31.6 Å². The zero-order valence-electron chi connectivity index (χ0n) is 23.8. The molecule has 228 valence electrons. The lowest BCUT2D eigenvalue weighted by atomic mass is 10.1. The number of carbonyl (C=O) groups is 1. The van der Waals surface area contributed by atoms with Crippen molar-refractivity contribution in [2.24, 2.45) is 0 Å². The molecule has 4 N–H and O–H groups in total. The minimum absolute atomic E-state index is 0.0699. The third-order valence-electron chi connectivity index (χ3n) is 7.17. The molecule has 1 unspecified atom stereocenters. The fourth-order valence-corrected chi connectivity index (χ4v) is 6.78. The molecule has 4 atom stereocenters. The van der Waals surface area contributed by atoms with Crippen LogP contribution in [0.4, 0.5) is 5.95 Å². The number of esters is 1. The first-order chi connectivity index (χ1) is 21.3. The van der Waals surface area contributed by atoms with Crippen LogP contribution in [0, 0.1) is 4.64 Å². The van der Waals surface area contributed by atoms with Crippen LogP contribution in [-0.2, 0) is 30.0 Å². The van der Waals surface area contributed by atoms with Crippen LogP contribution >= 0.6 is 20.0 Å². The van der Waals surface area contributed by atoms with Crippen LogP contribution in [0.25, 0.3) is 21.9 Å². The number of nitrogens with one attached hydrogen (secondary N) is 2. The molecule has 0 radical (unpaired) electrons. The van der Waals surface area contributed by atoms with Gasteiger partial charge in [0.15, 0.2) is 5.65 Å². The van der Waals surface area contributed by atoms with E-state index in [2.05, 4.69) is 20.0 Å². The number of rotatable bonds is 11. The van der Waals surface area contributed by atoms with Crippen LogP contribution < -0.4 is 15.3 Å². The molecular formula is C30H31N6O6PS. The molecule has 1 fully saturated rings. The normalized spacial score (nSPS) is 18.7. The highest BCUT2D eigenvalue weighted by molar-refractivity contribution is 7.71. The minimum Gasteiger partial charge on any atom is -0.460 e. The predicted molar refractivity (Wildman–Crippen MR) is 167 cm³/mol. The number of aromatic nitrogens is 4. The average molecular weight is 635 g/mol. The van der Waals surface area contributed by atoms with Crippen molar-refractivity contribution in [2.75, 3.05) is 12.3 Å². The molecule has 6 rings (SSSR count). The molecule has 0 saturated carbocycles. The third kappa shape index (κ3) is 6.67. The predicted octanol–water partition coefficient (Wildman–Crippen LogP) is 5.83. The SMILES string of the molecule is C[C@H](NP(=O)(OC[C@@H]1CC[C@H](n2cnc3c(=S)[nH]c(N)nc32)O1)Oc1cccc2ccccc12)C(=O)OCc1ccccc1. The highest BCUT2D eigenvalue weighted by Crippen LogP contribution is 2.47. The Morgan fingerprint density at radius 2 is 1.93 bits per heavy atom. The number of carbonyl (C=O) groups excluding carboxylic acids is 1. The van der Waals surface area contributed by atoms with Crippen molar-refractivity contribution in [3.05, 3.63) is 89.3 Å². The van der Waals surface area contributed by atoms with E-state index in [1.165, 1.54) is 0 Å². The van der Waals surface area contributed by atoms with Gasteiger partial charge < -0.3 is 24.7 Å². The van der Waals surface area contributed by atoms with Crippen molar-refractivity contribution in [1.29, 1.82) is 0 Å². The Hall–Kier alpha value is -4.13. The molecule has 5 aromatic rings. The lowest BCUT2D eigenvalue weighted by molar-refractivity contribution is -0.146. The summed E-state index contributed by atoms with van der Waals surface area (Å²) in [6.45, 7) is 1.55. The van der Waals surface area contributed by atoms with Crippen LogP contribution in [0.3, 0.4) is 0 Å². The van der Waals surface area contributed by atoms with Crippen molar-refractivity contribution < 1.29 is 27.9 Å². The third-order valence-corrected chi connectivity index (χ3v) is 9.10. The first kappa shape index (κ1) is 29.9. The van der Waals surface area contributed by atoms with Crippen LogP contribution in [0.15, 0.2) is 79.1 Å². The first-order valence-electron chi connectivity index (χ1n) is 14.1. The molecule has 1 aliphatic rings. The average Bonchev–Trinajstić information content (AvgIpc) is 3.67. The van der Waals surface area contributed by atoms with Gasteiger partial charge in [-0.15, -0.1) is 0 Å². The summed E-state index contributed by atoms with van der Waals surface area (Å²) in [5.41, 5.74) is 7.72. The van der Waals surface area contributed by atoms with E-state index in [-0.39, 0.29) is 19.2 Å². The van der Waals surface area contributed by atoms with Gasteiger partial charge >= 0.3 is 13.7 Å². The molecule has 0 spiro atoms. The van der Waals surface area contributed by atoms with Crippen LogP contribution in [0.2, 0.25) is 0 Å². The molecule has 3 heterocycles. The summed E-state index contributed by atoms with van der Waals surface area (Å²) in [7, 11) is -4.13. The molecule has 14 heteroatoms. The molecule has 2 aromatic heterocycles. The number of H-pyrrole nitrogens is 1. The molecule has 12 nitrogen and oxygen atoms in total. The van der Waals surface area contributed by atoms with E-state index in [1.54, 1.807) is 30.0 Å². The van der Waals surface area contributed by atoms with E-state index in [0.717, 1.165) is 16.3 Å². The molecule has 44 heavy (non-hydrogen) atoms. The summed E-state index contributed by atoms with van der Waals surface area (Å²) in [5, 5.41) is 4.41. The van der Waals surface area contributed by atoms with Gasteiger partial charge in [-0.05, 0) is 36.8 Å². The molecule has 0 amide bonds. The number of fused-ring (bicyclic) bond motifs is 2. The van der Waals surface area contributed by atoms with Crippen molar-refractivity contribution in [2.45, 2.75) is 44.7 Å². The summed E-state index contributed by atoms with van der Waals surface area (Å²) >= 11 is 5.31. The van der Waals surface area contributed by atoms with Crippen molar-refractivity contribution in [3.8, 4) is 5.75 Å². The highest BCUT2D eigenvalue weighted by Gasteiger charge is 2.36. The number of nitrogens with two attached hydrogens (primary N) is 1. The van der Waals surface area contributed by atoms with E-state index in [4.69, 9.17) is 36.5 Å². The van der Waals surface area contributed by atoms with Gasteiger partial charge in [-0.25, -0.2) is 9.55 Å². The fourth-order valence-electron chi connectivity index (χ4n) is 4.99. The maximum Gasteiger partial charge on any atom is 0.459 e. The van der Waals surface area contributed by atoms with Crippen molar-refractivity contribution in [1.82, 2.24) is 24.6 Å². The zero-order valence-corrected chi connectivity index (χ0v) is 25.5. The second-order valence-corrected chi connectivity index (χ2v) is 12.5. The Morgan fingerprint density at radius 1 is 1.16 bits per heavy atom. The van der Waals surface area contributed by atoms with Gasteiger partial charge in [0.1, 0.15) is 34.8 Å².